The van der Waals surface area contributed by atoms with Gasteiger partial charge >= 0.3 is 11.9 Å². The molecule has 0 aromatic heterocycles. The lowest BCUT2D eigenvalue weighted by atomic mass is 9.79. The van der Waals surface area contributed by atoms with Crippen molar-refractivity contribution in [2.45, 2.75) is 215 Å². The van der Waals surface area contributed by atoms with Crippen molar-refractivity contribution < 1.29 is 67.9 Å². The van der Waals surface area contributed by atoms with Crippen molar-refractivity contribution in [2.75, 3.05) is 6.61 Å². The Balaban J connectivity index is 0.952. The third-order valence-electron chi connectivity index (χ3n) is 14.3. The third kappa shape index (κ3) is 9.78. The molecule has 0 aromatic rings. The lowest BCUT2D eigenvalue weighted by Crippen LogP contribution is -2.60. The summed E-state index contributed by atoms with van der Waals surface area (Å²) in [4.78, 5) is 24.1. The summed E-state index contributed by atoms with van der Waals surface area (Å²) in [6, 6.07) is 0. The van der Waals surface area contributed by atoms with E-state index in [9.17, 15) is 30.0 Å². The van der Waals surface area contributed by atoms with E-state index >= 15 is 0 Å². The van der Waals surface area contributed by atoms with E-state index in [-0.39, 0.29) is 36.6 Å². The van der Waals surface area contributed by atoms with Crippen molar-refractivity contribution in [1.82, 2.24) is 0 Å². The molecular formula is C46H70O14. The minimum Gasteiger partial charge on any atom is -0.479 e. The predicted molar refractivity (Wildman–Crippen MR) is 217 cm³/mol. The quantitative estimate of drug-likeness (QED) is 0.145. The summed E-state index contributed by atoms with van der Waals surface area (Å²) in [6.45, 7) is 15.9. The number of aliphatic hydroxyl groups excluding tert-OH is 2. The van der Waals surface area contributed by atoms with Crippen LogP contribution >= 0.6 is 0 Å². The molecule has 0 bridgehead atoms. The van der Waals surface area contributed by atoms with Gasteiger partial charge in [0.15, 0.2) is 17.2 Å². The molecule has 17 atom stereocenters. The minimum absolute atomic E-state index is 0.0174. The van der Waals surface area contributed by atoms with E-state index in [1.807, 2.05) is 19.9 Å². The second kappa shape index (κ2) is 18.1. The molecule has 6 saturated heterocycles. The first-order valence-corrected chi connectivity index (χ1v) is 22.5. The van der Waals surface area contributed by atoms with Gasteiger partial charge in [-0.05, 0) is 95.1 Å². The fraction of sp³-hybridized carbons (Fsp3) is 0.826. The first kappa shape index (κ1) is 45.8. The number of carbonyl (C=O) groups is 2. The Hall–Kier alpha value is -2.24. The summed E-state index contributed by atoms with van der Waals surface area (Å²) >= 11 is 0. The van der Waals surface area contributed by atoms with Crippen LogP contribution in [0.25, 0.3) is 0 Å². The van der Waals surface area contributed by atoms with E-state index in [1.165, 1.54) is 13.8 Å². The highest BCUT2D eigenvalue weighted by molar-refractivity contribution is 5.76. The van der Waals surface area contributed by atoms with Crippen molar-refractivity contribution >= 4 is 11.9 Å². The van der Waals surface area contributed by atoms with Crippen LogP contribution in [0.2, 0.25) is 0 Å². The Bertz CT molecular complexity index is 1620. The highest BCUT2D eigenvalue weighted by Gasteiger charge is 2.55. The molecule has 0 amide bonds. The van der Waals surface area contributed by atoms with E-state index in [4.69, 9.17) is 37.9 Å². The van der Waals surface area contributed by atoms with Gasteiger partial charge in [0.05, 0.1) is 37.1 Å². The van der Waals surface area contributed by atoms with Crippen LogP contribution in [0.1, 0.15) is 131 Å². The van der Waals surface area contributed by atoms with Crippen molar-refractivity contribution in [3.05, 3.63) is 36.0 Å². The van der Waals surface area contributed by atoms with Gasteiger partial charge in [0.25, 0.3) is 0 Å². The van der Waals surface area contributed by atoms with Gasteiger partial charge in [-0.3, -0.25) is 4.79 Å². The second-order valence-corrected chi connectivity index (χ2v) is 19.4. The molecule has 0 radical (unpaired) electrons. The van der Waals surface area contributed by atoms with Crippen molar-refractivity contribution in [2.24, 2.45) is 17.8 Å². The number of carbonyl (C=O) groups excluding carboxylic acids is 1. The van der Waals surface area contributed by atoms with Crippen LogP contribution in [0.3, 0.4) is 0 Å². The summed E-state index contributed by atoms with van der Waals surface area (Å²) in [5, 5.41) is 42.8. The Morgan fingerprint density at radius 1 is 1.00 bits per heavy atom. The third-order valence-corrected chi connectivity index (χ3v) is 14.3. The number of aliphatic hydroxyl groups is 3. The second-order valence-electron chi connectivity index (χ2n) is 19.4. The fourth-order valence-corrected chi connectivity index (χ4v) is 10.8. The topological polar surface area (TPSA) is 189 Å². The summed E-state index contributed by atoms with van der Waals surface area (Å²) < 4.78 is 51.6. The molecule has 6 fully saturated rings. The molecule has 0 saturated carbocycles. The number of rotatable bonds is 11. The molecule has 0 aliphatic carbocycles. The number of ether oxygens (including phenoxy) is 8. The maximum absolute atomic E-state index is 12.5. The van der Waals surface area contributed by atoms with Gasteiger partial charge in [0.2, 0.25) is 5.79 Å². The lowest BCUT2D eigenvalue weighted by Gasteiger charge is -2.50. The molecular weight excluding hydrogens is 776 g/mol. The summed E-state index contributed by atoms with van der Waals surface area (Å²) in [7, 11) is 0. The Morgan fingerprint density at radius 2 is 1.75 bits per heavy atom. The zero-order chi connectivity index (χ0) is 43.2. The first-order chi connectivity index (χ1) is 28.3. The van der Waals surface area contributed by atoms with E-state index in [1.54, 1.807) is 6.08 Å². The van der Waals surface area contributed by atoms with Gasteiger partial charge in [0.1, 0.15) is 30.5 Å². The average Bonchev–Trinajstić information content (AvgIpc) is 3.59. The zero-order valence-corrected chi connectivity index (χ0v) is 36.4. The molecule has 4 N–H and O–H groups in total. The molecule has 0 aromatic carbocycles. The SMILES string of the molecule is C=C1[C@@H](O)[C@@H]2O[C@]3(CC[C@H](/C=C/[C@@H](C)[C@@H]4CC(C)=C[C@@]5(O[C@H](C[C@@](C)(O)C(=O)O)CC[C@H]5O)O4)O3)CC[C@H]2O[C@@H]1[C@H](C[C@H](C)[C@H]1O[C@@]2(CCCCO2)CC[C@H]1C)OC(C)=O. The zero-order valence-electron chi connectivity index (χ0n) is 36.4. The number of hydrogen-bond acceptors (Lipinski definition) is 13. The Morgan fingerprint density at radius 3 is 2.47 bits per heavy atom. The molecule has 3 spiro atoms. The van der Waals surface area contributed by atoms with Crippen LogP contribution < -0.4 is 0 Å². The van der Waals surface area contributed by atoms with Gasteiger partial charge in [-0.25, -0.2) is 4.79 Å². The van der Waals surface area contributed by atoms with E-state index in [0.29, 0.717) is 69.5 Å². The molecule has 338 valence electrons. The van der Waals surface area contributed by atoms with E-state index < -0.39 is 77.6 Å². The normalized spacial score (nSPS) is 43.6. The van der Waals surface area contributed by atoms with Crippen LogP contribution in [0.15, 0.2) is 36.0 Å². The van der Waals surface area contributed by atoms with E-state index in [2.05, 4.69) is 26.5 Å². The molecule has 7 aliphatic rings. The molecule has 60 heavy (non-hydrogen) atoms. The first-order valence-electron chi connectivity index (χ1n) is 22.5. The van der Waals surface area contributed by atoms with Crippen LogP contribution in [-0.4, -0.2) is 123 Å². The maximum Gasteiger partial charge on any atom is 0.335 e. The molecule has 0 unspecified atom stereocenters. The van der Waals surface area contributed by atoms with E-state index in [0.717, 1.165) is 37.7 Å². The number of fused-ring (bicyclic) bond motifs is 1. The van der Waals surface area contributed by atoms with Gasteiger partial charge in [0, 0.05) is 44.9 Å². The van der Waals surface area contributed by atoms with Gasteiger partial charge in [-0.1, -0.05) is 45.1 Å². The molecule has 7 heterocycles. The van der Waals surface area contributed by atoms with Crippen LogP contribution in [0.5, 0.6) is 0 Å². The highest BCUT2D eigenvalue weighted by Crippen LogP contribution is 2.48. The van der Waals surface area contributed by atoms with Crippen LogP contribution in [0.4, 0.5) is 0 Å². The number of hydrogen-bond donors (Lipinski definition) is 4. The highest BCUT2D eigenvalue weighted by atomic mass is 16.7. The Labute approximate surface area is 354 Å². The molecule has 14 heteroatoms. The summed E-state index contributed by atoms with van der Waals surface area (Å²) in [5.74, 6) is -4.41. The maximum atomic E-state index is 12.5. The van der Waals surface area contributed by atoms with Gasteiger partial charge < -0.3 is 58.3 Å². The number of carboxylic acid groups (broad SMARTS) is 1. The number of esters is 1. The standard InChI is InChI=1S/C46H70O14/c1-26-22-35(58-46(24-26)37(48)13-12-33(57-46)25-43(7,52)42(50)51)27(2)10-11-32-15-19-45(56-32)20-16-34-41(60-45)38(49)30(5)40(55-34)36(54-31(6)47)23-29(4)39-28(3)14-18-44(59-39)17-8-9-21-53-44/h10-11,24,27-29,32-41,48-49,52H,5,8-9,12-23,25H2,1-4,6-7H3,(H,50,51)/b11-10+/t27-,28-,29+,32+,33+,34-,35+,36+,37-,38-,39+,40+,41-,43-,44+,45-,46-/m1/s1. The fourth-order valence-electron chi connectivity index (χ4n) is 10.8. The molecule has 7 rings (SSSR count). The average molecular weight is 847 g/mol. The van der Waals surface area contributed by atoms with Gasteiger partial charge in [-0.15, -0.1) is 0 Å². The van der Waals surface area contributed by atoms with Crippen molar-refractivity contribution in [3.63, 3.8) is 0 Å². The number of carboxylic acids is 1. The smallest absolute Gasteiger partial charge is 0.335 e. The van der Waals surface area contributed by atoms with Crippen molar-refractivity contribution in [1.29, 1.82) is 0 Å². The van der Waals surface area contributed by atoms with Crippen LogP contribution in [-0.2, 0) is 47.5 Å². The largest absolute Gasteiger partial charge is 0.479 e. The Kier molecular flexibility index (Phi) is 13.8. The van der Waals surface area contributed by atoms with Crippen molar-refractivity contribution in [3.8, 4) is 0 Å². The minimum atomic E-state index is -1.97. The van der Waals surface area contributed by atoms with Gasteiger partial charge in [-0.2, -0.15) is 0 Å². The lowest BCUT2D eigenvalue weighted by molar-refractivity contribution is -0.321. The molecule has 7 aliphatic heterocycles. The van der Waals surface area contributed by atoms with Crippen LogP contribution in [0, 0.1) is 17.8 Å². The number of aliphatic carboxylic acids is 1. The predicted octanol–water partition coefficient (Wildman–Crippen LogP) is 5.78. The monoisotopic (exact) mass is 846 g/mol. The summed E-state index contributed by atoms with van der Waals surface area (Å²) in [6.07, 6.45) is 9.14. The summed E-state index contributed by atoms with van der Waals surface area (Å²) in [5.41, 5.74) is -0.568. The molecule has 14 nitrogen and oxygen atoms in total.